The molecule has 2 aromatic rings. The Morgan fingerprint density at radius 1 is 1.22 bits per heavy atom. The molecule has 0 atom stereocenters. The smallest absolute Gasteiger partial charge is 0.246 e. The lowest BCUT2D eigenvalue weighted by Gasteiger charge is -2.42. The highest BCUT2D eigenvalue weighted by atomic mass is 32.2. The number of pyridine rings is 1. The van der Waals surface area contributed by atoms with Crippen LogP contribution in [0, 0.1) is 5.41 Å². The molecule has 1 spiro atoms. The van der Waals surface area contributed by atoms with Crippen molar-refractivity contribution in [1.29, 1.82) is 0 Å². The number of hydrogen-bond acceptors (Lipinski definition) is 5. The van der Waals surface area contributed by atoms with Crippen molar-refractivity contribution in [3.8, 4) is 0 Å². The maximum Gasteiger partial charge on any atom is 0.246 e. The van der Waals surface area contributed by atoms with Crippen LogP contribution in [0.2, 0.25) is 0 Å². The van der Waals surface area contributed by atoms with E-state index in [-0.39, 0.29) is 17.2 Å². The molecule has 4 heterocycles. The molecule has 0 radical (unpaired) electrons. The van der Waals surface area contributed by atoms with E-state index in [0.717, 1.165) is 49.9 Å². The first-order valence-electron chi connectivity index (χ1n) is 12.7. The third-order valence-corrected chi connectivity index (χ3v) is 9.14. The zero-order valence-electron chi connectivity index (χ0n) is 21.3. The van der Waals surface area contributed by atoms with E-state index >= 15 is 0 Å². The second-order valence-electron chi connectivity index (χ2n) is 10.4. The fourth-order valence-corrected chi connectivity index (χ4v) is 6.50. The van der Waals surface area contributed by atoms with E-state index < -0.39 is 0 Å². The number of hydrogen-bond donors (Lipinski definition) is 1. The molecule has 5 rings (SSSR count). The van der Waals surface area contributed by atoms with Crippen molar-refractivity contribution in [2.45, 2.75) is 43.9 Å². The molecule has 3 aliphatic rings. The summed E-state index contributed by atoms with van der Waals surface area (Å²) in [5.74, 6) is 0.712. The summed E-state index contributed by atoms with van der Waals surface area (Å²) in [4.78, 5) is 36.9. The number of piperidine rings is 1. The molecule has 1 fully saturated rings. The summed E-state index contributed by atoms with van der Waals surface area (Å²) in [5, 5.41) is 3.03. The molecule has 1 aromatic carbocycles. The maximum absolute atomic E-state index is 13.0. The number of likely N-dealkylation sites (tertiary alicyclic amines) is 1. The molecule has 0 unspecified atom stereocenters. The van der Waals surface area contributed by atoms with Crippen LogP contribution in [-0.4, -0.2) is 60.3 Å². The van der Waals surface area contributed by atoms with Crippen molar-refractivity contribution in [2.24, 2.45) is 5.41 Å². The molecule has 6 nitrogen and oxygen atoms in total. The molecule has 188 valence electrons. The predicted molar refractivity (Wildman–Crippen MR) is 146 cm³/mol. The number of carbonyl (C=O) groups is 2. The normalized spacial score (nSPS) is 19.6. The lowest BCUT2D eigenvalue weighted by molar-refractivity contribution is -0.128. The van der Waals surface area contributed by atoms with Gasteiger partial charge in [-0.15, -0.1) is 0 Å². The summed E-state index contributed by atoms with van der Waals surface area (Å²) in [6.45, 7) is 4.63. The predicted octanol–water partition coefficient (Wildman–Crippen LogP) is 4.77. The number of thioether (sulfide) groups is 1. The van der Waals surface area contributed by atoms with Gasteiger partial charge < -0.3 is 15.1 Å². The molecule has 0 saturated carbocycles. The summed E-state index contributed by atoms with van der Waals surface area (Å²) < 4.78 is 0. The Bertz CT molecular complexity index is 1240. The van der Waals surface area contributed by atoms with Gasteiger partial charge in [0.1, 0.15) is 5.82 Å². The highest BCUT2D eigenvalue weighted by molar-refractivity contribution is 8.03. The van der Waals surface area contributed by atoms with Gasteiger partial charge in [-0.2, -0.15) is 0 Å². The van der Waals surface area contributed by atoms with E-state index in [2.05, 4.69) is 59.5 Å². The number of allylic oxidation sites excluding steroid dienone is 1. The number of likely N-dealkylation sites (N-methyl/N-ethyl adjacent to an activating group) is 1. The molecule has 0 bridgehead atoms. The zero-order chi connectivity index (χ0) is 25.3. The van der Waals surface area contributed by atoms with Crippen LogP contribution in [0.25, 0.3) is 6.08 Å². The minimum Gasteiger partial charge on any atom is -0.337 e. The molecule has 2 amide bonds. The average Bonchev–Trinajstić information content (AvgIpc) is 3.03. The average molecular weight is 503 g/mol. The van der Waals surface area contributed by atoms with Crippen molar-refractivity contribution in [3.63, 3.8) is 0 Å². The Balaban J connectivity index is 1.26. The number of carbonyl (C=O) groups excluding carboxylic acids is 2. The topological polar surface area (TPSA) is 65.5 Å². The van der Waals surface area contributed by atoms with E-state index in [1.54, 1.807) is 28.9 Å². The second kappa shape index (κ2) is 10.2. The monoisotopic (exact) mass is 502 g/mol. The van der Waals surface area contributed by atoms with E-state index in [1.165, 1.54) is 20.9 Å². The first-order valence-corrected chi connectivity index (χ1v) is 13.5. The van der Waals surface area contributed by atoms with Crippen LogP contribution in [0.5, 0.6) is 0 Å². The Kier molecular flexibility index (Phi) is 7.04. The molecule has 36 heavy (non-hydrogen) atoms. The quantitative estimate of drug-likeness (QED) is 0.610. The van der Waals surface area contributed by atoms with Crippen molar-refractivity contribution in [3.05, 3.63) is 69.8 Å². The summed E-state index contributed by atoms with van der Waals surface area (Å²) in [5.41, 5.74) is 4.31. The third-order valence-electron chi connectivity index (χ3n) is 7.80. The van der Waals surface area contributed by atoms with Gasteiger partial charge >= 0.3 is 0 Å². The summed E-state index contributed by atoms with van der Waals surface area (Å²) in [6, 6.07) is 10.6. The Morgan fingerprint density at radius 2 is 2.00 bits per heavy atom. The molecule has 0 aliphatic carbocycles. The van der Waals surface area contributed by atoms with Crippen LogP contribution in [0.15, 0.2) is 58.0 Å². The minimum absolute atomic E-state index is 0.0359. The number of amides is 2. The third kappa shape index (κ3) is 5.13. The van der Waals surface area contributed by atoms with Gasteiger partial charge in [0.05, 0.1) is 12.0 Å². The highest BCUT2D eigenvalue weighted by Gasteiger charge is 2.44. The zero-order valence-corrected chi connectivity index (χ0v) is 22.2. The number of nitrogens with zero attached hydrogens (tertiary/aromatic N) is 3. The van der Waals surface area contributed by atoms with Gasteiger partial charge in [0.15, 0.2) is 0 Å². The van der Waals surface area contributed by atoms with E-state index in [1.807, 2.05) is 13.1 Å². The number of nitrogens with one attached hydrogen (secondary N) is 1. The van der Waals surface area contributed by atoms with Crippen LogP contribution >= 0.6 is 11.8 Å². The molecule has 7 heteroatoms. The van der Waals surface area contributed by atoms with E-state index in [0.29, 0.717) is 18.8 Å². The minimum atomic E-state index is -0.347. The SMILES string of the molecule is CC1=C(CN(C)C(=O)/C=C/c2cnc3c(c2)CC2(CCN(C)CC2)C(=O)N3)Sc2ccccc2CC1. The second-order valence-corrected chi connectivity index (χ2v) is 11.6. The number of aryl methyl sites for hydroxylation is 1. The molecule has 1 aromatic heterocycles. The summed E-state index contributed by atoms with van der Waals surface area (Å²) in [6.07, 6.45) is 9.66. The van der Waals surface area contributed by atoms with Gasteiger partial charge in [-0.3, -0.25) is 9.59 Å². The Labute approximate surface area is 217 Å². The number of benzene rings is 1. The molecule has 3 aliphatic heterocycles. The summed E-state index contributed by atoms with van der Waals surface area (Å²) in [7, 11) is 3.96. The Morgan fingerprint density at radius 3 is 2.81 bits per heavy atom. The van der Waals surface area contributed by atoms with Crippen molar-refractivity contribution < 1.29 is 9.59 Å². The number of fused-ring (bicyclic) bond motifs is 2. The lowest BCUT2D eigenvalue weighted by Crippen LogP contribution is -2.49. The van der Waals surface area contributed by atoms with Crippen LogP contribution in [-0.2, 0) is 22.4 Å². The van der Waals surface area contributed by atoms with Gasteiger partial charge in [-0.1, -0.05) is 35.5 Å². The summed E-state index contributed by atoms with van der Waals surface area (Å²) >= 11 is 1.79. The van der Waals surface area contributed by atoms with Crippen LogP contribution < -0.4 is 5.32 Å². The first-order chi connectivity index (χ1) is 17.3. The van der Waals surface area contributed by atoms with Gasteiger partial charge in [-0.25, -0.2) is 4.98 Å². The van der Waals surface area contributed by atoms with Gasteiger partial charge in [0.2, 0.25) is 11.8 Å². The Hall–Kier alpha value is -2.90. The number of aromatic nitrogens is 1. The van der Waals surface area contributed by atoms with Crippen molar-refractivity contribution >= 4 is 35.5 Å². The van der Waals surface area contributed by atoms with Gasteiger partial charge in [0, 0.05) is 29.1 Å². The molecular formula is C29H34N4O2S. The standard InChI is InChI=1S/C29H34N4O2S/c1-20-8-10-22-6-4-5-7-24(22)36-25(20)19-33(3)26(34)11-9-21-16-23-17-29(12-14-32(2)15-13-29)28(35)31-27(23)30-18-21/h4-7,9,11,16,18H,8,10,12-15,17,19H2,1-3H3,(H,30,31,35)/b11-9+. The van der Waals surface area contributed by atoms with Crippen LogP contribution in [0.1, 0.15) is 42.9 Å². The largest absolute Gasteiger partial charge is 0.337 e. The van der Waals surface area contributed by atoms with Gasteiger partial charge in [-0.05, 0) is 94.1 Å². The molecule has 1 N–H and O–H groups in total. The fraction of sp³-hybridized carbons (Fsp3) is 0.414. The van der Waals surface area contributed by atoms with Crippen molar-refractivity contribution in [2.75, 3.05) is 39.0 Å². The lowest BCUT2D eigenvalue weighted by atomic mass is 9.71. The highest BCUT2D eigenvalue weighted by Crippen LogP contribution is 2.41. The fourth-order valence-electron chi connectivity index (χ4n) is 5.25. The van der Waals surface area contributed by atoms with Crippen LogP contribution in [0.4, 0.5) is 5.82 Å². The number of anilines is 1. The molecular weight excluding hydrogens is 468 g/mol. The first kappa shape index (κ1) is 24.8. The molecule has 1 saturated heterocycles. The van der Waals surface area contributed by atoms with E-state index in [9.17, 15) is 9.59 Å². The number of rotatable bonds is 4. The maximum atomic E-state index is 13.0. The van der Waals surface area contributed by atoms with Gasteiger partial charge in [0.25, 0.3) is 0 Å². The van der Waals surface area contributed by atoms with Crippen LogP contribution in [0.3, 0.4) is 0 Å². The van der Waals surface area contributed by atoms with E-state index in [4.69, 9.17) is 0 Å². The van der Waals surface area contributed by atoms with Crippen molar-refractivity contribution in [1.82, 2.24) is 14.8 Å².